The number of rotatable bonds is 5. The standard InChI is InChI=1S/C20H20N2O5/c23-18(15-27-19(24)9-8-16-5-2-1-3-6-16)21-10-12-22(13-11-21)20(25)17-7-4-14-26-17/h1-9,14H,10-13,15H2. The summed E-state index contributed by atoms with van der Waals surface area (Å²) in [6.07, 6.45) is 4.38. The van der Waals surface area contributed by atoms with Crippen LogP contribution < -0.4 is 0 Å². The topological polar surface area (TPSA) is 80.1 Å². The van der Waals surface area contributed by atoms with Gasteiger partial charge in [-0.1, -0.05) is 30.3 Å². The summed E-state index contributed by atoms with van der Waals surface area (Å²) in [6, 6.07) is 12.6. The zero-order chi connectivity index (χ0) is 19.1. The van der Waals surface area contributed by atoms with E-state index in [1.807, 2.05) is 30.3 Å². The van der Waals surface area contributed by atoms with E-state index in [0.717, 1.165) is 5.56 Å². The van der Waals surface area contributed by atoms with Crippen LogP contribution in [-0.2, 0) is 14.3 Å². The Balaban J connectivity index is 1.41. The summed E-state index contributed by atoms with van der Waals surface area (Å²) in [5.41, 5.74) is 0.873. The Bertz CT molecular complexity index is 806. The average molecular weight is 368 g/mol. The molecule has 0 spiro atoms. The summed E-state index contributed by atoms with van der Waals surface area (Å²) in [5.74, 6) is -0.751. The van der Waals surface area contributed by atoms with E-state index >= 15 is 0 Å². The zero-order valence-corrected chi connectivity index (χ0v) is 14.7. The molecule has 2 amide bonds. The van der Waals surface area contributed by atoms with Crippen molar-refractivity contribution in [3.8, 4) is 0 Å². The van der Waals surface area contributed by atoms with Crippen LogP contribution in [0.25, 0.3) is 6.08 Å². The van der Waals surface area contributed by atoms with Crippen LogP contribution in [0.4, 0.5) is 0 Å². The number of carbonyl (C=O) groups is 3. The zero-order valence-electron chi connectivity index (χ0n) is 14.7. The van der Waals surface area contributed by atoms with Crippen molar-refractivity contribution in [2.75, 3.05) is 32.8 Å². The highest BCUT2D eigenvalue weighted by Gasteiger charge is 2.26. The van der Waals surface area contributed by atoms with E-state index in [-0.39, 0.29) is 24.2 Å². The highest BCUT2D eigenvalue weighted by molar-refractivity contribution is 5.92. The van der Waals surface area contributed by atoms with Crippen molar-refractivity contribution in [1.29, 1.82) is 0 Å². The van der Waals surface area contributed by atoms with Crippen LogP contribution in [-0.4, -0.2) is 60.4 Å². The van der Waals surface area contributed by atoms with Crippen molar-refractivity contribution >= 4 is 23.9 Å². The van der Waals surface area contributed by atoms with Crippen LogP contribution in [0.5, 0.6) is 0 Å². The SMILES string of the molecule is O=C(C=Cc1ccccc1)OCC(=O)N1CCN(C(=O)c2ccco2)CC1. The molecule has 0 radical (unpaired) electrons. The van der Waals surface area contributed by atoms with Gasteiger partial charge in [0.05, 0.1) is 6.26 Å². The third-order valence-corrected chi connectivity index (χ3v) is 4.20. The summed E-state index contributed by atoms with van der Waals surface area (Å²) in [5, 5.41) is 0. The predicted molar refractivity (Wildman–Crippen MR) is 97.6 cm³/mol. The Morgan fingerprint density at radius 2 is 1.67 bits per heavy atom. The molecule has 1 fully saturated rings. The maximum atomic E-state index is 12.2. The minimum atomic E-state index is -0.571. The van der Waals surface area contributed by atoms with Crippen molar-refractivity contribution in [3.63, 3.8) is 0 Å². The van der Waals surface area contributed by atoms with Gasteiger partial charge >= 0.3 is 5.97 Å². The average Bonchev–Trinajstić information content (AvgIpc) is 3.25. The normalized spacial score (nSPS) is 14.4. The molecule has 0 unspecified atom stereocenters. The van der Waals surface area contributed by atoms with Crippen molar-refractivity contribution in [3.05, 3.63) is 66.1 Å². The van der Waals surface area contributed by atoms with Gasteiger partial charge in [0.1, 0.15) is 0 Å². The third-order valence-electron chi connectivity index (χ3n) is 4.20. The van der Waals surface area contributed by atoms with E-state index in [1.54, 1.807) is 28.0 Å². The predicted octanol–water partition coefficient (Wildman–Crippen LogP) is 1.82. The fourth-order valence-electron chi connectivity index (χ4n) is 2.72. The van der Waals surface area contributed by atoms with Gasteiger partial charge in [-0.3, -0.25) is 9.59 Å². The smallest absolute Gasteiger partial charge is 0.331 e. The van der Waals surface area contributed by atoms with E-state index in [9.17, 15) is 14.4 Å². The minimum absolute atomic E-state index is 0.190. The molecule has 1 aromatic heterocycles. The molecule has 7 heteroatoms. The number of hydrogen-bond acceptors (Lipinski definition) is 5. The van der Waals surface area contributed by atoms with Crippen molar-refractivity contribution < 1.29 is 23.5 Å². The van der Waals surface area contributed by atoms with Gasteiger partial charge in [-0.2, -0.15) is 0 Å². The molecule has 2 aromatic rings. The number of amides is 2. The number of ether oxygens (including phenoxy) is 1. The molecule has 1 aliphatic rings. The second-order valence-corrected chi connectivity index (χ2v) is 6.00. The van der Waals surface area contributed by atoms with E-state index in [4.69, 9.17) is 9.15 Å². The van der Waals surface area contributed by atoms with Crippen LogP contribution >= 0.6 is 0 Å². The van der Waals surface area contributed by atoms with Gasteiger partial charge in [-0.15, -0.1) is 0 Å². The van der Waals surface area contributed by atoms with Gasteiger partial charge in [-0.05, 0) is 23.8 Å². The molecular formula is C20H20N2O5. The van der Waals surface area contributed by atoms with Gasteiger partial charge in [0.15, 0.2) is 12.4 Å². The summed E-state index contributed by atoms with van der Waals surface area (Å²) >= 11 is 0. The maximum absolute atomic E-state index is 12.2. The largest absolute Gasteiger partial charge is 0.459 e. The van der Waals surface area contributed by atoms with Crippen molar-refractivity contribution in [2.45, 2.75) is 0 Å². The summed E-state index contributed by atoms with van der Waals surface area (Å²) < 4.78 is 10.1. The van der Waals surface area contributed by atoms with Crippen molar-refractivity contribution in [2.24, 2.45) is 0 Å². The van der Waals surface area contributed by atoms with Gasteiger partial charge in [0, 0.05) is 32.3 Å². The molecule has 0 aliphatic carbocycles. The van der Waals surface area contributed by atoms with Gasteiger partial charge in [-0.25, -0.2) is 4.79 Å². The first-order valence-electron chi connectivity index (χ1n) is 8.64. The van der Waals surface area contributed by atoms with Crippen LogP contribution in [0, 0.1) is 0 Å². The molecule has 1 saturated heterocycles. The Hall–Kier alpha value is -3.35. The number of esters is 1. The molecule has 0 bridgehead atoms. The van der Waals surface area contributed by atoms with E-state index < -0.39 is 5.97 Å². The fourth-order valence-corrected chi connectivity index (χ4v) is 2.72. The molecule has 2 heterocycles. The highest BCUT2D eigenvalue weighted by atomic mass is 16.5. The lowest BCUT2D eigenvalue weighted by Crippen LogP contribution is -2.51. The van der Waals surface area contributed by atoms with Gasteiger partial charge in [0.25, 0.3) is 11.8 Å². The van der Waals surface area contributed by atoms with Crippen LogP contribution in [0.2, 0.25) is 0 Å². The molecular weight excluding hydrogens is 348 g/mol. The Morgan fingerprint density at radius 3 is 2.33 bits per heavy atom. The first-order valence-corrected chi connectivity index (χ1v) is 8.64. The second kappa shape index (κ2) is 8.84. The number of piperazine rings is 1. The molecule has 0 saturated carbocycles. The second-order valence-electron chi connectivity index (χ2n) is 6.00. The monoisotopic (exact) mass is 368 g/mol. The summed E-state index contributed by atoms with van der Waals surface area (Å²) in [4.78, 5) is 39.3. The van der Waals surface area contributed by atoms with E-state index in [0.29, 0.717) is 26.2 Å². The van der Waals surface area contributed by atoms with Crippen molar-refractivity contribution in [1.82, 2.24) is 9.80 Å². The lowest BCUT2D eigenvalue weighted by Gasteiger charge is -2.34. The molecule has 7 nitrogen and oxygen atoms in total. The number of hydrogen-bond donors (Lipinski definition) is 0. The molecule has 27 heavy (non-hydrogen) atoms. The minimum Gasteiger partial charge on any atom is -0.459 e. The fraction of sp³-hybridized carbons (Fsp3) is 0.250. The van der Waals surface area contributed by atoms with E-state index in [2.05, 4.69) is 0 Å². The Kier molecular flexibility index (Phi) is 6.04. The Labute approximate surface area is 156 Å². The molecule has 1 aromatic carbocycles. The van der Waals surface area contributed by atoms with Crippen LogP contribution in [0.15, 0.2) is 59.2 Å². The number of furan rings is 1. The van der Waals surface area contributed by atoms with Crippen LogP contribution in [0.1, 0.15) is 16.1 Å². The Morgan fingerprint density at radius 1 is 0.963 bits per heavy atom. The lowest BCUT2D eigenvalue weighted by molar-refractivity contribution is -0.148. The van der Waals surface area contributed by atoms with Gasteiger partial charge < -0.3 is 19.0 Å². The molecule has 0 N–H and O–H groups in total. The molecule has 3 rings (SSSR count). The molecule has 140 valence electrons. The first-order chi connectivity index (χ1) is 13.1. The van der Waals surface area contributed by atoms with E-state index in [1.165, 1.54) is 12.3 Å². The molecule has 0 atom stereocenters. The lowest BCUT2D eigenvalue weighted by atomic mass is 10.2. The highest BCUT2D eigenvalue weighted by Crippen LogP contribution is 2.09. The molecule has 1 aliphatic heterocycles. The quantitative estimate of drug-likeness (QED) is 0.594. The maximum Gasteiger partial charge on any atom is 0.331 e. The van der Waals surface area contributed by atoms with Crippen LogP contribution in [0.3, 0.4) is 0 Å². The third kappa shape index (κ3) is 5.07. The number of nitrogens with zero attached hydrogens (tertiary/aromatic N) is 2. The van der Waals surface area contributed by atoms with Gasteiger partial charge in [0.2, 0.25) is 0 Å². The number of carbonyl (C=O) groups excluding carboxylic acids is 3. The summed E-state index contributed by atoms with van der Waals surface area (Å²) in [6.45, 7) is 1.29. The first kappa shape index (κ1) is 18.4. The number of benzene rings is 1. The summed E-state index contributed by atoms with van der Waals surface area (Å²) in [7, 11) is 0.